The van der Waals surface area contributed by atoms with Crippen LogP contribution in [0.1, 0.15) is 19.4 Å². The molecule has 0 radical (unpaired) electrons. The van der Waals surface area contributed by atoms with Gasteiger partial charge in [-0.1, -0.05) is 26.0 Å². The maximum Gasteiger partial charge on any atom is 0.307 e. The van der Waals surface area contributed by atoms with Gasteiger partial charge in [-0.15, -0.1) is 0 Å². The zero-order chi connectivity index (χ0) is 16.5. The lowest BCUT2D eigenvalue weighted by Crippen LogP contribution is -2.20. The number of hydrogen-bond donors (Lipinski definition) is 3. The molecule has 1 aromatic carbocycles. The van der Waals surface area contributed by atoms with Crippen molar-refractivity contribution in [3.63, 3.8) is 0 Å². The monoisotopic (exact) mass is 304 g/mol. The summed E-state index contributed by atoms with van der Waals surface area (Å²) in [7, 11) is 1.56. The Morgan fingerprint density at radius 1 is 1.23 bits per heavy atom. The molecule has 1 saturated carbocycles. The van der Waals surface area contributed by atoms with E-state index >= 15 is 0 Å². The standard InChI is InChI=1S/C16H20N2O4/c1-16(2)12(13(16)15(21)22)14(20)18-10-6-4-5-9(7-10)8-11(19)17-3/h4-7,12-13H,8H2,1-3H3,(H,17,19)(H,18,20)(H,21,22)/t12-,13-/m0/s1. The lowest BCUT2D eigenvalue weighted by atomic mass is 10.1. The normalized spacial score (nSPS) is 21.8. The van der Waals surface area contributed by atoms with Crippen LogP contribution in [-0.4, -0.2) is 29.9 Å². The summed E-state index contributed by atoms with van der Waals surface area (Å²) in [5.74, 6) is -2.54. The molecule has 1 fully saturated rings. The van der Waals surface area contributed by atoms with Crippen molar-refractivity contribution in [1.29, 1.82) is 0 Å². The third-order valence-corrected chi connectivity index (χ3v) is 4.21. The molecular weight excluding hydrogens is 284 g/mol. The van der Waals surface area contributed by atoms with E-state index in [-0.39, 0.29) is 18.2 Å². The molecule has 0 aromatic heterocycles. The van der Waals surface area contributed by atoms with Crippen molar-refractivity contribution in [1.82, 2.24) is 5.32 Å². The number of carbonyl (C=O) groups excluding carboxylic acids is 2. The molecule has 118 valence electrons. The van der Waals surface area contributed by atoms with Crippen LogP contribution < -0.4 is 10.6 Å². The fraction of sp³-hybridized carbons (Fsp3) is 0.438. The van der Waals surface area contributed by atoms with Crippen LogP contribution in [0.2, 0.25) is 0 Å². The number of aliphatic carboxylic acids is 1. The molecule has 22 heavy (non-hydrogen) atoms. The zero-order valence-electron chi connectivity index (χ0n) is 12.8. The lowest BCUT2D eigenvalue weighted by Gasteiger charge is -2.08. The van der Waals surface area contributed by atoms with Crippen LogP contribution in [0.5, 0.6) is 0 Å². The number of anilines is 1. The van der Waals surface area contributed by atoms with Crippen LogP contribution in [0.25, 0.3) is 0 Å². The van der Waals surface area contributed by atoms with Crippen LogP contribution in [0.3, 0.4) is 0 Å². The molecule has 1 aliphatic carbocycles. The van der Waals surface area contributed by atoms with E-state index in [0.29, 0.717) is 5.69 Å². The summed E-state index contributed by atoms with van der Waals surface area (Å²) >= 11 is 0. The number of amides is 2. The van der Waals surface area contributed by atoms with Crippen LogP contribution in [-0.2, 0) is 20.8 Å². The Hall–Kier alpha value is -2.37. The predicted octanol–water partition coefficient (Wildman–Crippen LogP) is 1.27. The van der Waals surface area contributed by atoms with Gasteiger partial charge in [-0.25, -0.2) is 0 Å². The van der Waals surface area contributed by atoms with Gasteiger partial charge in [0.2, 0.25) is 11.8 Å². The largest absolute Gasteiger partial charge is 0.481 e. The Bertz CT molecular complexity index is 624. The minimum absolute atomic E-state index is 0.113. The molecule has 6 heteroatoms. The molecule has 2 atom stereocenters. The van der Waals surface area contributed by atoms with E-state index in [9.17, 15) is 14.4 Å². The summed E-state index contributed by atoms with van der Waals surface area (Å²) in [5, 5.41) is 14.4. The first-order chi connectivity index (χ1) is 10.3. The van der Waals surface area contributed by atoms with Gasteiger partial charge < -0.3 is 15.7 Å². The second-order valence-electron chi connectivity index (χ2n) is 6.15. The quantitative estimate of drug-likeness (QED) is 0.763. The number of carboxylic acid groups (broad SMARTS) is 1. The highest BCUT2D eigenvalue weighted by molar-refractivity contribution is 5.99. The first-order valence-corrected chi connectivity index (χ1v) is 7.10. The van der Waals surface area contributed by atoms with Crippen molar-refractivity contribution in [3.8, 4) is 0 Å². The van der Waals surface area contributed by atoms with E-state index in [1.807, 2.05) is 0 Å². The molecule has 0 saturated heterocycles. The minimum Gasteiger partial charge on any atom is -0.481 e. The first-order valence-electron chi connectivity index (χ1n) is 7.10. The summed E-state index contributed by atoms with van der Waals surface area (Å²) in [6, 6.07) is 6.99. The summed E-state index contributed by atoms with van der Waals surface area (Å²) in [4.78, 5) is 34.7. The number of carbonyl (C=O) groups is 3. The highest BCUT2D eigenvalue weighted by atomic mass is 16.4. The van der Waals surface area contributed by atoms with E-state index in [1.165, 1.54) is 0 Å². The highest BCUT2D eigenvalue weighted by Crippen LogP contribution is 2.58. The SMILES string of the molecule is CNC(=O)Cc1cccc(NC(=O)[C@@H]2[C@@H](C(=O)O)C2(C)C)c1. The fourth-order valence-corrected chi connectivity index (χ4v) is 2.84. The van der Waals surface area contributed by atoms with Gasteiger partial charge in [-0.2, -0.15) is 0 Å². The molecule has 0 bridgehead atoms. The van der Waals surface area contributed by atoms with Crippen molar-refractivity contribution < 1.29 is 19.5 Å². The Labute approximate surface area is 128 Å². The number of carboxylic acids is 1. The van der Waals surface area contributed by atoms with Gasteiger partial charge in [-0.05, 0) is 23.1 Å². The van der Waals surface area contributed by atoms with Crippen LogP contribution >= 0.6 is 0 Å². The molecule has 0 heterocycles. The molecule has 2 rings (SSSR count). The third-order valence-electron chi connectivity index (χ3n) is 4.21. The van der Waals surface area contributed by atoms with Gasteiger partial charge >= 0.3 is 5.97 Å². The van der Waals surface area contributed by atoms with E-state index in [2.05, 4.69) is 10.6 Å². The summed E-state index contributed by atoms with van der Waals surface area (Å²) in [5.41, 5.74) is 0.815. The molecule has 2 amide bonds. The Morgan fingerprint density at radius 3 is 2.45 bits per heavy atom. The topological polar surface area (TPSA) is 95.5 Å². The predicted molar refractivity (Wildman–Crippen MR) is 81.2 cm³/mol. The summed E-state index contributed by atoms with van der Waals surface area (Å²) < 4.78 is 0. The smallest absolute Gasteiger partial charge is 0.307 e. The average molecular weight is 304 g/mol. The molecule has 0 aliphatic heterocycles. The summed E-state index contributed by atoms with van der Waals surface area (Å²) in [6.45, 7) is 3.55. The van der Waals surface area contributed by atoms with Crippen LogP contribution in [0.15, 0.2) is 24.3 Å². The van der Waals surface area contributed by atoms with Crippen molar-refractivity contribution in [3.05, 3.63) is 29.8 Å². The molecule has 6 nitrogen and oxygen atoms in total. The average Bonchev–Trinajstić information content (AvgIpc) is 3.02. The van der Waals surface area contributed by atoms with Crippen molar-refractivity contribution >= 4 is 23.5 Å². The molecular formula is C16H20N2O4. The molecule has 1 aliphatic rings. The molecule has 0 unspecified atom stereocenters. The van der Waals surface area contributed by atoms with E-state index in [0.717, 1.165) is 5.56 Å². The molecule has 0 spiro atoms. The number of benzene rings is 1. The van der Waals surface area contributed by atoms with Gasteiger partial charge in [0.1, 0.15) is 0 Å². The van der Waals surface area contributed by atoms with Gasteiger partial charge in [0.05, 0.1) is 18.3 Å². The minimum atomic E-state index is -0.946. The third kappa shape index (κ3) is 3.10. The van der Waals surface area contributed by atoms with Gasteiger partial charge in [0, 0.05) is 12.7 Å². The number of likely N-dealkylation sites (N-methyl/N-ethyl adjacent to an activating group) is 1. The Kier molecular flexibility index (Phi) is 4.21. The number of rotatable bonds is 5. The number of hydrogen-bond acceptors (Lipinski definition) is 3. The molecule has 3 N–H and O–H groups in total. The highest BCUT2D eigenvalue weighted by Gasteiger charge is 2.65. The Morgan fingerprint density at radius 2 is 1.91 bits per heavy atom. The van der Waals surface area contributed by atoms with E-state index < -0.39 is 23.2 Å². The van der Waals surface area contributed by atoms with Crippen LogP contribution in [0, 0.1) is 17.3 Å². The van der Waals surface area contributed by atoms with Gasteiger partial charge in [0.25, 0.3) is 0 Å². The summed E-state index contributed by atoms with van der Waals surface area (Å²) in [6.07, 6.45) is 0.229. The fourth-order valence-electron chi connectivity index (χ4n) is 2.84. The zero-order valence-corrected chi connectivity index (χ0v) is 12.8. The maximum absolute atomic E-state index is 12.2. The first kappa shape index (κ1) is 16.0. The second-order valence-corrected chi connectivity index (χ2v) is 6.15. The Balaban J connectivity index is 2.05. The number of nitrogens with one attached hydrogen (secondary N) is 2. The van der Waals surface area contributed by atoms with Gasteiger partial charge in [-0.3, -0.25) is 14.4 Å². The molecule has 1 aromatic rings. The second kappa shape index (κ2) is 5.79. The van der Waals surface area contributed by atoms with E-state index in [4.69, 9.17) is 5.11 Å². The van der Waals surface area contributed by atoms with Crippen molar-refractivity contribution in [2.75, 3.05) is 12.4 Å². The maximum atomic E-state index is 12.2. The lowest BCUT2D eigenvalue weighted by molar-refractivity contribution is -0.140. The van der Waals surface area contributed by atoms with Crippen LogP contribution in [0.4, 0.5) is 5.69 Å². The van der Waals surface area contributed by atoms with Crippen molar-refractivity contribution in [2.45, 2.75) is 20.3 Å². The van der Waals surface area contributed by atoms with E-state index in [1.54, 1.807) is 45.2 Å². The van der Waals surface area contributed by atoms with Gasteiger partial charge in [0.15, 0.2) is 0 Å². The van der Waals surface area contributed by atoms with Crippen molar-refractivity contribution in [2.24, 2.45) is 17.3 Å².